The molecule has 0 aliphatic heterocycles. The maximum absolute atomic E-state index is 5.82. The zero-order valence-corrected chi connectivity index (χ0v) is 9.88. The molecule has 0 heterocycles. The molecule has 0 atom stereocenters. The van der Waals surface area contributed by atoms with Crippen molar-refractivity contribution in [3.63, 3.8) is 0 Å². The summed E-state index contributed by atoms with van der Waals surface area (Å²) in [5, 5.41) is 0. The van der Waals surface area contributed by atoms with Gasteiger partial charge in [0.15, 0.2) is 0 Å². The number of ether oxygens (including phenoxy) is 2. The van der Waals surface area contributed by atoms with E-state index in [1.165, 1.54) is 32.1 Å². The molecule has 0 spiro atoms. The molecule has 1 aliphatic carbocycles. The third-order valence-electron chi connectivity index (χ3n) is 2.88. The third kappa shape index (κ3) is 6.91. The van der Waals surface area contributed by atoms with E-state index in [2.05, 4.69) is 6.92 Å². The molecule has 89 valence electrons. The lowest BCUT2D eigenvalue weighted by atomic mass is 9.98. The van der Waals surface area contributed by atoms with E-state index in [1.54, 1.807) is 0 Å². The molecule has 0 bridgehead atoms. The summed E-state index contributed by atoms with van der Waals surface area (Å²) in [6, 6.07) is 0. The van der Waals surface area contributed by atoms with Crippen LogP contribution in [0.25, 0.3) is 0 Å². The molecule has 2 nitrogen and oxygen atoms in total. The van der Waals surface area contributed by atoms with Crippen LogP contribution in [0.1, 0.15) is 51.4 Å². The molecule has 0 aromatic carbocycles. The second kappa shape index (κ2) is 9.17. The minimum absolute atomic E-state index is 0.555. The van der Waals surface area contributed by atoms with Gasteiger partial charge in [-0.25, -0.2) is 0 Å². The Balaban J connectivity index is 1.79. The second-order valence-electron chi connectivity index (χ2n) is 4.30. The molecule has 0 amide bonds. The van der Waals surface area contributed by atoms with Crippen molar-refractivity contribution in [1.29, 1.82) is 0 Å². The average molecular weight is 213 g/mol. The largest absolute Gasteiger partial charge is 0.381 e. The third-order valence-corrected chi connectivity index (χ3v) is 2.88. The Morgan fingerprint density at radius 1 is 0.933 bits per heavy atom. The van der Waals surface area contributed by atoms with Crippen molar-refractivity contribution in [1.82, 2.24) is 0 Å². The van der Waals surface area contributed by atoms with Gasteiger partial charge in [0.05, 0.1) is 6.10 Å². The van der Waals surface area contributed by atoms with E-state index in [9.17, 15) is 0 Å². The fourth-order valence-corrected chi connectivity index (χ4v) is 1.99. The van der Waals surface area contributed by atoms with Crippen molar-refractivity contribution >= 4 is 0 Å². The van der Waals surface area contributed by atoms with E-state index in [0.29, 0.717) is 6.10 Å². The number of unbranched alkanes of at least 4 members (excludes halogenated alkanes) is 1. The van der Waals surface area contributed by atoms with Gasteiger partial charge in [-0.3, -0.25) is 0 Å². The highest BCUT2D eigenvalue weighted by Crippen LogP contribution is 2.20. The molecule has 2 heteroatoms. The van der Waals surface area contributed by atoms with Gasteiger partial charge in [-0.15, -0.1) is 0 Å². The number of rotatable bonds is 8. The van der Waals surface area contributed by atoms with Gasteiger partial charge in [-0.1, -0.05) is 26.2 Å². The van der Waals surface area contributed by atoms with Crippen molar-refractivity contribution in [3.05, 3.63) is 6.92 Å². The van der Waals surface area contributed by atoms with Gasteiger partial charge >= 0.3 is 0 Å². The van der Waals surface area contributed by atoms with Crippen LogP contribution < -0.4 is 0 Å². The second-order valence-corrected chi connectivity index (χ2v) is 4.30. The van der Waals surface area contributed by atoms with E-state index in [0.717, 1.165) is 39.1 Å². The minimum atomic E-state index is 0.555. The van der Waals surface area contributed by atoms with E-state index in [1.807, 2.05) is 0 Å². The highest BCUT2D eigenvalue weighted by atomic mass is 16.5. The Hall–Kier alpha value is -0.0800. The fraction of sp³-hybridized carbons (Fsp3) is 0.923. The molecule has 1 fully saturated rings. The van der Waals surface area contributed by atoms with Crippen LogP contribution in [-0.4, -0.2) is 25.9 Å². The molecule has 1 saturated carbocycles. The Kier molecular flexibility index (Phi) is 7.94. The molecule has 0 N–H and O–H groups in total. The first kappa shape index (κ1) is 13.0. The van der Waals surface area contributed by atoms with Crippen LogP contribution >= 0.6 is 0 Å². The summed E-state index contributed by atoms with van der Waals surface area (Å²) in [4.78, 5) is 0. The van der Waals surface area contributed by atoms with Crippen LogP contribution in [0.5, 0.6) is 0 Å². The van der Waals surface area contributed by atoms with Gasteiger partial charge in [0.2, 0.25) is 0 Å². The Morgan fingerprint density at radius 3 is 2.40 bits per heavy atom. The summed E-state index contributed by atoms with van der Waals surface area (Å²) in [6.07, 6.45) is 10.3. The van der Waals surface area contributed by atoms with Crippen molar-refractivity contribution in [2.24, 2.45) is 0 Å². The van der Waals surface area contributed by atoms with E-state index >= 15 is 0 Å². The predicted octanol–water partition coefficient (Wildman–Crippen LogP) is 3.36. The Bertz CT molecular complexity index is 130. The molecule has 1 rings (SSSR count). The summed E-state index contributed by atoms with van der Waals surface area (Å²) in [6.45, 7) is 6.31. The fourth-order valence-electron chi connectivity index (χ4n) is 1.99. The SMILES string of the molecule is [CH2]CCOCCCCOC1CCCCC1. The van der Waals surface area contributed by atoms with Gasteiger partial charge in [0, 0.05) is 19.8 Å². The van der Waals surface area contributed by atoms with Crippen LogP contribution in [0.4, 0.5) is 0 Å². The zero-order valence-electron chi connectivity index (χ0n) is 9.88. The smallest absolute Gasteiger partial charge is 0.0575 e. The first-order valence-corrected chi connectivity index (χ1v) is 6.42. The molecule has 1 radical (unpaired) electrons. The van der Waals surface area contributed by atoms with Crippen molar-refractivity contribution in [3.8, 4) is 0 Å². The lowest BCUT2D eigenvalue weighted by molar-refractivity contribution is 0.0227. The molecule has 1 aliphatic rings. The maximum atomic E-state index is 5.82. The summed E-state index contributed by atoms with van der Waals surface area (Å²) in [7, 11) is 0. The maximum Gasteiger partial charge on any atom is 0.0575 e. The molecule has 0 saturated heterocycles. The normalized spacial score (nSPS) is 18.2. The average Bonchev–Trinajstić information content (AvgIpc) is 2.29. The quantitative estimate of drug-likeness (QED) is 0.576. The predicted molar refractivity (Wildman–Crippen MR) is 62.9 cm³/mol. The highest BCUT2D eigenvalue weighted by Gasteiger charge is 2.12. The molecule has 0 aromatic rings. The van der Waals surface area contributed by atoms with Crippen molar-refractivity contribution in [2.75, 3.05) is 19.8 Å². The summed E-state index contributed by atoms with van der Waals surface area (Å²) < 4.78 is 11.2. The standard InChI is InChI=1S/C13H25O2/c1-2-10-14-11-6-7-12-15-13-8-4-3-5-9-13/h13H,1-12H2. The van der Waals surface area contributed by atoms with Crippen molar-refractivity contribution in [2.45, 2.75) is 57.5 Å². The molecule has 0 unspecified atom stereocenters. The van der Waals surface area contributed by atoms with Gasteiger partial charge < -0.3 is 9.47 Å². The Morgan fingerprint density at radius 2 is 1.67 bits per heavy atom. The van der Waals surface area contributed by atoms with Crippen LogP contribution in [0, 0.1) is 6.92 Å². The van der Waals surface area contributed by atoms with Crippen LogP contribution in [0.3, 0.4) is 0 Å². The minimum Gasteiger partial charge on any atom is -0.381 e. The van der Waals surface area contributed by atoms with Gasteiger partial charge in [-0.05, 0) is 32.1 Å². The summed E-state index contributed by atoms with van der Waals surface area (Å²) >= 11 is 0. The summed E-state index contributed by atoms with van der Waals surface area (Å²) in [5.74, 6) is 0. The van der Waals surface area contributed by atoms with E-state index in [-0.39, 0.29) is 0 Å². The van der Waals surface area contributed by atoms with Gasteiger partial charge in [0.25, 0.3) is 0 Å². The molecule has 0 aromatic heterocycles. The topological polar surface area (TPSA) is 18.5 Å². The summed E-state index contributed by atoms with van der Waals surface area (Å²) in [5.41, 5.74) is 0. The van der Waals surface area contributed by atoms with Gasteiger partial charge in [-0.2, -0.15) is 0 Å². The van der Waals surface area contributed by atoms with E-state index in [4.69, 9.17) is 9.47 Å². The first-order valence-electron chi connectivity index (χ1n) is 6.42. The lowest BCUT2D eigenvalue weighted by Crippen LogP contribution is -2.17. The molecular formula is C13H25O2. The monoisotopic (exact) mass is 213 g/mol. The van der Waals surface area contributed by atoms with Crippen LogP contribution in [0.15, 0.2) is 0 Å². The van der Waals surface area contributed by atoms with Gasteiger partial charge in [0.1, 0.15) is 0 Å². The lowest BCUT2D eigenvalue weighted by Gasteiger charge is -2.21. The van der Waals surface area contributed by atoms with Crippen LogP contribution in [0.2, 0.25) is 0 Å². The number of hydrogen-bond acceptors (Lipinski definition) is 2. The van der Waals surface area contributed by atoms with Crippen LogP contribution in [-0.2, 0) is 9.47 Å². The zero-order chi connectivity index (χ0) is 10.8. The number of hydrogen-bond donors (Lipinski definition) is 0. The van der Waals surface area contributed by atoms with Crippen molar-refractivity contribution < 1.29 is 9.47 Å². The first-order chi connectivity index (χ1) is 7.43. The highest BCUT2D eigenvalue weighted by molar-refractivity contribution is 4.64. The Labute approximate surface area is 94.3 Å². The molecule has 15 heavy (non-hydrogen) atoms. The molecular weight excluding hydrogens is 188 g/mol. The van der Waals surface area contributed by atoms with E-state index < -0.39 is 0 Å².